The van der Waals surface area contributed by atoms with Crippen LogP contribution >= 0.6 is 0 Å². The minimum absolute atomic E-state index is 0.358. The molecule has 21 heavy (non-hydrogen) atoms. The number of fused-ring (bicyclic) bond motifs is 3. The molecule has 0 aliphatic carbocycles. The zero-order chi connectivity index (χ0) is 14.4. The van der Waals surface area contributed by atoms with E-state index in [1.165, 1.54) is 55.7 Å². The number of hydrogen-bond donors (Lipinski definition) is 0. The molecule has 2 bridgehead atoms. The lowest BCUT2D eigenvalue weighted by Crippen LogP contribution is -2.60. The molecule has 0 spiro atoms. The maximum absolute atomic E-state index is 2.54. The lowest BCUT2D eigenvalue weighted by Gasteiger charge is -2.59. The Kier molecular flexibility index (Phi) is 3.17. The van der Waals surface area contributed by atoms with Crippen LogP contribution in [-0.4, -0.2) is 10.7 Å². The summed E-state index contributed by atoms with van der Waals surface area (Å²) < 4.78 is 2.54. The van der Waals surface area contributed by atoms with E-state index in [2.05, 4.69) is 48.9 Å². The highest BCUT2D eigenvalue weighted by Gasteiger charge is 2.44. The molecule has 1 nitrogen and oxygen atoms in total. The van der Waals surface area contributed by atoms with Crippen molar-refractivity contribution in [3.05, 3.63) is 30.3 Å². The van der Waals surface area contributed by atoms with Crippen LogP contribution in [0.15, 0.2) is 30.3 Å². The maximum atomic E-state index is 2.54. The van der Waals surface area contributed by atoms with Gasteiger partial charge in [-0.1, -0.05) is 69.7 Å². The van der Waals surface area contributed by atoms with Crippen molar-refractivity contribution in [3.8, 4) is 0 Å². The Morgan fingerprint density at radius 1 is 1.05 bits per heavy atom. The van der Waals surface area contributed by atoms with Gasteiger partial charge in [-0.15, -0.1) is 5.59 Å². The molecule has 2 aromatic rings. The number of rotatable bonds is 2. The summed E-state index contributed by atoms with van der Waals surface area (Å²) in [6.07, 6.45) is 9.88. The van der Waals surface area contributed by atoms with Gasteiger partial charge in [-0.3, -0.25) is 0 Å². The summed E-state index contributed by atoms with van der Waals surface area (Å²) in [5, 5.41) is 1.44. The quantitative estimate of drug-likeness (QED) is 0.685. The van der Waals surface area contributed by atoms with E-state index < -0.39 is 0 Å². The molecule has 2 aliphatic heterocycles. The van der Waals surface area contributed by atoms with E-state index in [9.17, 15) is 0 Å². The van der Waals surface area contributed by atoms with Gasteiger partial charge in [0.05, 0.1) is 6.15 Å². The Bertz CT molecular complexity index is 635. The fourth-order valence-electron chi connectivity index (χ4n) is 6.33. The summed E-state index contributed by atoms with van der Waals surface area (Å²) in [5.74, 6) is 1.95. The van der Waals surface area contributed by atoms with Gasteiger partial charge < -0.3 is 4.57 Å². The van der Waals surface area contributed by atoms with Crippen molar-refractivity contribution >= 4 is 22.6 Å². The van der Waals surface area contributed by atoms with Crippen LogP contribution in [0.2, 0.25) is 18.0 Å². The first-order chi connectivity index (χ1) is 10.3. The molecular weight excluding hydrogens is 253 g/mol. The van der Waals surface area contributed by atoms with Crippen LogP contribution in [0.5, 0.6) is 0 Å². The van der Waals surface area contributed by atoms with Gasteiger partial charge in [-0.05, 0) is 11.5 Å². The summed E-state index contributed by atoms with van der Waals surface area (Å²) >= 11 is 0. The van der Waals surface area contributed by atoms with E-state index in [1.807, 2.05) is 0 Å². The Labute approximate surface area is 128 Å². The maximum Gasteiger partial charge on any atom is 0.0524 e. The number of hydrogen-bond acceptors (Lipinski definition) is 0. The molecule has 0 unspecified atom stereocenters. The van der Waals surface area contributed by atoms with E-state index in [4.69, 9.17) is 0 Å². The Morgan fingerprint density at radius 3 is 2.24 bits per heavy atom. The largest absolute Gasteiger partial charge is 0.386 e. The molecule has 3 heterocycles. The third kappa shape index (κ3) is 1.77. The average molecular weight is 280 g/mol. The first kappa shape index (κ1) is 13.5. The van der Waals surface area contributed by atoms with Gasteiger partial charge >= 0.3 is 0 Å². The van der Waals surface area contributed by atoms with Gasteiger partial charge in [0.25, 0.3) is 0 Å². The lowest BCUT2D eigenvalue weighted by atomic mass is 9.07. The molecule has 1 aromatic heterocycles. The van der Waals surface area contributed by atoms with Gasteiger partial charge in [0, 0.05) is 12.6 Å². The number of benzene rings is 1. The molecule has 0 amide bonds. The van der Waals surface area contributed by atoms with Crippen LogP contribution in [0.3, 0.4) is 0 Å². The van der Waals surface area contributed by atoms with Gasteiger partial charge in [0.2, 0.25) is 0 Å². The van der Waals surface area contributed by atoms with Crippen LogP contribution < -0.4 is 5.59 Å². The molecule has 0 radical (unpaired) electrons. The third-order valence-electron chi connectivity index (χ3n) is 7.20. The number of aromatic nitrogens is 1. The predicted molar refractivity (Wildman–Crippen MR) is 94.0 cm³/mol. The fraction of sp³-hybridized carbons (Fsp3) is 0.579. The minimum atomic E-state index is -0.358. The van der Waals surface area contributed by atoms with Crippen molar-refractivity contribution in [2.24, 2.45) is 7.05 Å². The van der Waals surface area contributed by atoms with Crippen LogP contribution in [0, 0.1) is 0 Å². The standard InChI is InChI=1S/C19H27BN/c1-3-20(16-9-6-10-17(20)12-7-11-16)19-14-15-8-4-5-13-18(15)21(19)2/h4-5,8,13-14,16-17H,3,6-7,9-12H2,1-2H3/q-1. The van der Waals surface area contributed by atoms with Crippen molar-refractivity contribution in [1.82, 2.24) is 4.57 Å². The smallest absolute Gasteiger partial charge is 0.0524 e. The van der Waals surface area contributed by atoms with E-state index in [0.717, 1.165) is 11.6 Å². The summed E-state index contributed by atoms with van der Waals surface area (Å²) in [5.41, 5.74) is 3.11. The summed E-state index contributed by atoms with van der Waals surface area (Å²) in [4.78, 5) is 0. The Morgan fingerprint density at radius 2 is 1.67 bits per heavy atom. The molecule has 2 fully saturated rings. The number of nitrogens with zero attached hydrogens (tertiary/aromatic N) is 1. The summed E-state index contributed by atoms with van der Waals surface area (Å²) in [6, 6.07) is 11.5. The van der Waals surface area contributed by atoms with E-state index in [-0.39, 0.29) is 6.15 Å². The van der Waals surface area contributed by atoms with E-state index in [1.54, 1.807) is 5.59 Å². The first-order valence-corrected chi connectivity index (χ1v) is 9.00. The monoisotopic (exact) mass is 280 g/mol. The molecule has 0 saturated carbocycles. The molecule has 1 aromatic carbocycles. The predicted octanol–water partition coefficient (Wildman–Crippen LogP) is 4.96. The van der Waals surface area contributed by atoms with Gasteiger partial charge in [0.1, 0.15) is 0 Å². The molecule has 4 rings (SSSR count). The van der Waals surface area contributed by atoms with E-state index in [0.29, 0.717) is 0 Å². The highest BCUT2D eigenvalue weighted by molar-refractivity contribution is 6.94. The average Bonchev–Trinajstić information content (AvgIpc) is 2.84. The SMILES string of the molecule is CC[B-]1(c2cc3ccccc3n2C)C2CCCC1CCC2. The van der Waals surface area contributed by atoms with Crippen LogP contribution in [0.25, 0.3) is 10.9 Å². The van der Waals surface area contributed by atoms with E-state index >= 15 is 0 Å². The molecular formula is C19H27BN-. The van der Waals surface area contributed by atoms with Crippen molar-refractivity contribution in [2.75, 3.05) is 0 Å². The molecule has 0 atom stereocenters. The summed E-state index contributed by atoms with van der Waals surface area (Å²) in [7, 11) is 2.31. The Balaban J connectivity index is 1.93. The molecule has 112 valence electrons. The molecule has 0 N–H and O–H groups in total. The highest BCUT2D eigenvalue weighted by atomic mass is 14.9. The molecule has 2 saturated heterocycles. The second-order valence-corrected chi connectivity index (χ2v) is 7.68. The molecule has 2 aliphatic rings. The topological polar surface area (TPSA) is 4.93 Å². The second-order valence-electron chi connectivity index (χ2n) is 7.68. The zero-order valence-electron chi connectivity index (χ0n) is 13.5. The van der Waals surface area contributed by atoms with Gasteiger partial charge in [-0.2, -0.15) is 18.0 Å². The third-order valence-corrected chi connectivity index (χ3v) is 7.20. The fourth-order valence-corrected chi connectivity index (χ4v) is 6.33. The first-order valence-electron chi connectivity index (χ1n) is 9.00. The van der Waals surface area contributed by atoms with Crippen LogP contribution in [0.4, 0.5) is 0 Å². The van der Waals surface area contributed by atoms with Crippen LogP contribution in [-0.2, 0) is 7.05 Å². The normalized spacial score (nSPS) is 32.5. The van der Waals surface area contributed by atoms with Crippen molar-refractivity contribution < 1.29 is 0 Å². The van der Waals surface area contributed by atoms with Crippen molar-refractivity contribution in [1.29, 1.82) is 0 Å². The summed E-state index contributed by atoms with van der Waals surface area (Å²) in [6.45, 7) is 2.47. The van der Waals surface area contributed by atoms with Crippen molar-refractivity contribution in [2.45, 2.75) is 63.4 Å². The molecule has 2 heteroatoms. The zero-order valence-corrected chi connectivity index (χ0v) is 13.5. The number of para-hydroxylation sites is 1. The highest BCUT2D eigenvalue weighted by Crippen LogP contribution is 2.54. The lowest BCUT2D eigenvalue weighted by molar-refractivity contribution is 0.432. The second kappa shape index (κ2) is 4.93. The van der Waals surface area contributed by atoms with Gasteiger partial charge in [0.15, 0.2) is 0 Å². The van der Waals surface area contributed by atoms with Gasteiger partial charge in [-0.25, -0.2) is 0 Å². The number of aryl methyl sites for hydroxylation is 1. The minimum Gasteiger partial charge on any atom is -0.386 e. The van der Waals surface area contributed by atoms with Crippen LogP contribution in [0.1, 0.15) is 45.4 Å². The van der Waals surface area contributed by atoms with Crippen molar-refractivity contribution in [3.63, 3.8) is 0 Å². The Hall–Kier alpha value is -1.18.